The lowest BCUT2D eigenvalue weighted by molar-refractivity contribution is 0.601. The van der Waals surface area contributed by atoms with Crippen LogP contribution in [-0.4, -0.2) is 13.5 Å². The molecule has 3 rings (SSSR count). The highest BCUT2D eigenvalue weighted by Crippen LogP contribution is 2.24. The highest BCUT2D eigenvalue weighted by molar-refractivity contribution is 7.92. The van der Waals surface area contributed by atoms with Crippen molar-refractivity contribution in [3.8, 4) is 0 Å². The standard InChI is InChI=1S/C20H17Cl2N3O2S2/c1-13-18(22)3-2-4-19(13)24-20(28)23-15-9-11-17(12-10-15)29(26,27)25-16-7-5-14(21)6-8-16/h2-12,25H,1H3,(H2,23,24,28). The number of nitrogens with one attached hydrogen (secondary N) is 3. The quantitative estimate of drug-likeness (QED) is 0.408. The zero-order chi connectivity index (χ0) is 21.0. The SMILES string of the molecule is Cc1c(Cl)cccc1NC(=S)Nc1ccc(S(=O)(=O)Nc2ccc(Cl)cc2)cc1. The summed E-state index contributed by atoms with van der Waals surface area (Å²) in [7, 11) is -3.71. The van der Waals surface area contributed by atoms with Crippen LogP contribution in [0.25, 0.3) is 0 Å². The van der Waals surface area contributed by atoms with Crippen LogP contribution in [0.3, 0.4) is 0 Å². The molecule has 0 bridgehead atoms. The molecule has 0 saturated carbocycles. The van der Waals surface area contributed by atoms with E-state index in [9.17, 15) is 8.42 Å². The van der Waals surface area contributed by atoms with Gasteiger partial charge in [0.05, 0.1) is 4.90 Å². The molecule has 0 saturated heterocycles. The number of hydrogen-bond acceptors (Lipinski definition) is 3. The van der Waals surface area contributed by atoms with Crippen LogP contribution in [0, 0.1) is 6.92 Å². The van der Waals surface area contributed by atoms with Crippen molar-refractivity contribution in [2.75, 3.05) is 15.4 Å². The molecule has 3 aromatic carbocycles. The normalized spacial score (nSPS) is 11.0. The minimum atomic E-state index is -3.71. The Morgan fingerprint density at radius 3 is 2.14 bits per heavy atom. The third-order valence-electron chi connectivity index (χ3n) is 4.03. The number of benzene rings is 3. The number of halogens is 2. The highest BCUT2D eigenvalue weighted by Gasteiger charge is 2.14. The van der Waals surface area contributed by atoms with Gasteiger partial charge >= 0.3 is 0 Å². The molecule has 0 amide bonds. The third kappa shape index (κ3) is 5.61. The Balaban J connectivity index is 1.67. The van der Waals surface area contributed by atoms with Gasteiger partial charge in [-0.05, 0) is 85.4 Å². The average molecular weight is 466 g/mol. The molecule has 0 aliphatic rings. The summed E-state index contributed by atoms with van der Waals surface area (Å²) >= 11 is 17.2. The highest BCUT2D eigenvalue weighted by atomic mass is 35.5. The van der Waals surface area contributed by atoms with Crippen LogP contribution in [0.5, 0.6) is 0 Å². The molecule has 0 atom stereocenters. The maximum absolute atomic E-state index is 12.5. The number of anilines is 3. The van der Waals surface area contributed by atoms with E-state index in [0.717, 1.165) is 11.3 Å². The molecule has 0 spiro atoms. The van der Waals surface area contributed by atoms with Gasteiger partial charge in [-0.15, -0.1) is 0 Å². The molecule has 3 N–H and O–H groups in total. The number of sulfonamides is 1. The van der Waals surface area contributed by atoms with Crippen molar-refractivity contribution in [1.29, 1.82) is 0 Å². The van der Waals surface area contributed by atoms with E-state index in [0.29, 0.717) is 26.5 Å². The van der Waals surface area contributed by atoms with E-state index < -0.39 is 10.0 Å². The average Bonchev–Trinajstić information content (AvgIpc) is 2.67. The molecule has 5 nitrogen and oxygen atoms in total. The van der Waals surface area contributed by atoms with Gasteiger partial charge in [0, 0.05) is 27.1 Å². The largest absolute Gasteiger partial charge is 0.332 e. The van der Waals surface area contributed by atoms with E-state index in [1.807, 2.05) is 19.1 Å². The predicted molar refractivity (Wildman–Crippen MR) is 125 cm³/mol. The third-order valence-corrected chi connectivity index (χ3v) is 6.30. The zero-order valence-corrected chi connectivity index (χ0v) is 18.4. The van der Waals surface area contributed by atoms with Crippen molar-refractivity contribution in [3.05, 3.63) is 82.3 Å². The second-order valence-electron chi connectivity index (χ2n) is 6.13. The van der Waals surface area contributed by atoms with Crippen molar-refractivity contribution in [3.63, 3.8) is 0 Å². The van der Waals surface area contributed by atoms with Crippen LogP contribution in [0.15, 0.2) is 71.6 Å². The summed E-state index contributed by atoms with van der Waals surface area (Å²) in [5.41, 5.74) is 2.75. The maximum Gasteiger partial charge on any atom is 0.261 e. The fourth-order valence-corrected chi connectivity index (χ4v) is 4.06. The van der Waals surface area contributed by atoms with Crippen LogP contribution in [0.2, 0.25) is 10.0 Å². The summed E-state index contributed by atoms with van der Waals surface area (Å²) in [6.07, 6.45) is 0. The molecule has 0 aromatic heterocycles. The smallest absolute Gasteiger partial charge is 0.261 e. The second-order valence-corrected chi connectivity index (χ2v) is 9.06. The van der Waals surface area contributed by atoms with E-state index in [1.165, 1.54) is 12.1 Å². The monoisotopic (exact) mass is 465 g/mol. The first-order chi connectivity index (χ1) is 13.7. The van der Waals surface area contributed by atoms with Gasteiger partial charge in [0.1, 0.15) is 0 Å². The van der Waals surface area contributed by atoms with Gasteiger partial charge < -0.3 is 10.6 Å². The first kappa shape index (κ1) is 21.4. The summed E-state index contributed by atoms with van der Waals surface area (Å²) in [5, 5.41) is 7.63. The maximum atomic E-state index is 12.5. The Labute approximate surface area is 185 Å². The molecule has 150 valence electrons. The van der Waals surface area contributed by atoms with E-state index in [2.05, 4.69) is 15.4 Å². The molecule has 0 aliphatic heterocycles. The first-order valence-corrected chi connectivity index (χ1v) is 11.1. The Morgan fingerprint density at radius 2 is 1.48 bits per heavy atom. The van der Waals surface area contributed by atoms with Crippen molar-refractivity contribution in [2.24, 2.45) is 0 Å². The second kappa shape index (κ2) is 9.00. The number of thiocarbonyl (C=S) groups is 1. The zero-order valence-electron chi connectivity index (χ0n) is 15.2. The lowest BCUT2D eigenvalue weighted by atomic mass is 10.2. The van der Waals surface area contributed by atoms with E-state index in [4.69, 9.17) is 35.4 Å². The van der Waals surface area contributed by atoms with Gasteiger partial charge in [-0.1, -0.05) is 29.3 Å². The van der Waals surface area contributed by atoms with E-state index >= 15 is 0 Å². The number of rotatable bonds is 5. The van der Waals surface area contributed by atoms with Gasteiger partial charge in [-0.2, -0.15) is 0 Å². The van der Waals surface area contributed by atoms with Gasteiger partial charge in [0.25, 0.3) is 10.0 Å². The topological polar surface area (TPSA) is 70.2 Å². The summed E-state index contributed by atoms with van der Waals surface area (Å²) in [4.78, 5) is 0.127. The van der Waals surface area contributed by atoms with Crippen molar-refractivity contribution in [2.45, 2.75) is 11.8 Å². The fourth-order valence-electron chi connectivity index (χ4n) is 2.48. The molecule has 3 aromatic rings. The van der Waals surface area contributed by atoms with Crippen LogP contribution in [0.1, 0.15) is 5.56 Å². The van der Waals surface area contributed by atoms with Crippen LogP contribution >= 0.6 is 35.4 Å². The molecule has 0 heterocycles. The first-order valence-electron chi connectivity index (χ1n) is 8.46. The van der Waals surface area contributed by atoms with Gasteiger partial charge in [0.15, 0.2) is 5.11 Å². The summed E-state index contributed by atoms with van der Waals surface area (Å²) in [6, 6.07) is 18.2. The molecule has 9 heteroatoms. The Morgan fingerprint density at radius 1 is 0.862 bits per heavy atom. The minimum absolute atomic E-state index is 0.127. The molecule has 0 aliphatic carbocycles. The van der Waals surface area contributed by atoms with Crippen molar-refractivity contribution in [1.82, 2.24) is 0 Å². The van der Waals surface area contributed by atoms with Gasteiger partial charge in [0.2, 0.25) is 0 Å². The van der Waals surface area contributed by atoms with Crippen molar-refractivity contribution < 1.29 is 8.42 Å². The molecule has 0 fully saturated rings. The van der Waals surface area contributed by atoms with Gasteiger partial charge in [-0.25, -0.2) is 8.42 Å². The van der Waals surface area contributed by atoms with E-state index in [1.54, 1.807) is 42.5 Å². The molecule has 0 radical (unpaired) electrons. The van der Waals surface area contributed by atoms with Crippen molar-refractivity contribution >= 4 is 67.6 Å². The number of hydrogen-bond donors (Lipinski definition) is 3. The predicted octanol–water partition coefficient (Wildman–Crippen LogP) is 5.91. The Bertz CT molecular complexity index is 1130. The molecular weight excluding hydrogens is 449 g/mol. The molecular formula is C20H17Cl2N3O2S2. The minimum Gasteiger partial charge on any atom is -0.332 e. The van der Waals surface area contributed by atoms with Gasteiger partial charge in [-0.3, -0.25) is 4.72 Å². The van der Waals surface area contributed by atoms with Crippen LogP contribution in [0.4, 0.5) is 17.1 Å². The summed E-state index contributed by atoms with van der Waals surface area (Å²) in [6.45, 7) is 1.89. The summed E-state index contributed by atoms with van der Waals surface area (Å²) in [5.74, 6) is 0. The lowest BCUT2D eigenvalue weighted by Crippen LogP contribution is -2.19. The lowest BCUT2D eigenvalue weighted by Gasteiger charge is -2.14. The molecule has 29 heavy (non-hydrogen) atoms. The van der Waals surface area contributed by atoms with E-state index in [-0.39, 0.29) is 4.90 Å². The fraction of sp³-hybridized carbons (Fsp3) is 0.0500. The summed E-state index contributed by atoms with van der Waals surface area (Å²) < 4.78 is 27.5. The Hall–Kier alpha value is -2.32. The molecule has 0 unspecified atom stereocenters. The Kier molecular flexibility index (Phi) is 6.64. The van der Waals surface area contributed by atoms with Crippen LogP contribution in [-0.2, 0) is 10.0 Å². The van der Waals surface area contributed by atoms with Crippen LogP contribution < -0.4 is 15.4 Å².